The lowest BCUT2D eigenvalue weighted by molar-refractivity contribution is 0.405. The van der Waals surface area contributed by atoms with Crippen LogP contribution in [-0.4, -0.2) is 46.8 Å². The van der Waals surface area contributed by atoms with Crippen molar-refractivity contribution in [1.82, 2.24) is 0 Å². The Morgan fingerprint density at radius 3 is 0.760 bits per heavy atom. The molecule has 158 valence electrons. The van der Waals surface area contributed by atoms with Crippen LogP contribution in [0.3, 0.4) is 0 Å². The standard InChI is InChI=1S/2C9H21P.BrH.H3O3P/c2*1-4-7-10(8-5-2)9-6-3;;1-4(2)3/h2*4-9H2,1-3H3;1H;4H,(H2,1,2,3). The van der Waals surface area contributed by atoms with Gasteiger partial charge in [0.15, 0.2) is 0 Å². The molecule has 0 rings (SSSR count). The van der Waals surface area contributed by atoms with Crippen molar-refractivity contribution >= 4 is 41.1 Å². The van der Waals surface area contributed by atoms with Gasteiger partial charge in [-0.1, -0.05) is 80.1 Å². The summed E-state index contributed by atoms with van der Waals surface area (Å²) in [6.45, 7) is 13.8. The highest BCUT2D eigenvalue weighted by Crippen LogP contribution is 2.37. The molecule has 0 fully saturated rings. The summed E-state index contributed by atoms with van der Waals surface area (Å²) in [6.07, 6.45) is 17.4. The lowest BCUT2D eigenvalue weighted by Crippen LogP contribution is -1.92. The van der Waals surface area contributed by atoms with Crippen LogP contribution in [-0.2, 0) is 4.57 Å². The molecule has 7 heteroatoms. The monoisotopic (exact) mass is 482 g/mol. The highest BCUT2D eigenvalue weighted by molar-refractivity contribution is 8.93. The van der Waals surface area contributed by atoms with E-state index >= 15 is 0 Å². The second-order valence-electron chi connectivity index (χ2n) is 5.97. The van der Waals surface area contributed by atoms with Gasteiger partial charge in [-0.05, 0) is 37.0 Å². The lowest BCUT2D eigenvalue weighted by atomic mass is 10.6. The Balaban J connectivity index is -0.000000141. The van der Waals surface area contributed by atoms with Crippen molar-refractivity contribution in [2.24, 2.45) is 0 Å². The first-order chi connectivity index (χ1) is 11.4. The first-order valence-electron chi connectivity index (χ1n) is 9.79. The maximum Gasteiger partial charge on any atom is 0.314 e. The van der Waals surface area contributed by atoms with E-state index in [0.29, 0.717) is 15.8 Å². The van der Waals surface area contributed by atoms with E-state index in [2.05, 4.69) is 41.5 Å². The fourth-order valence-corrected chi connectivity index (χ4v) is 7.70. The van der Waals surface area contributed by atoms with Crippen LogP contribution in [0.1, 0.15) is 80.1 Å². The minimum atomic E-state index is -3.13. The summed E-state index contributed by atoms with van der Waals surface area (Å²) in [4.78, 5) is 14.3. The largest absolute Gasteiger partial charge is 0.326 e. The first-order valence-corrected chi connectivity index (χ1v) is 14.9. The van der Waals surface area contributed by atoms with Gasteiger partial charge in [-0.2, -0.15) is 0 Å². The second-order valence-corrected chi connectivity index (χ2v) is 11.9. The van der Waals surface area contributed by atoms with E-state index in [-0.39, 0.29) is 17.0 Å². The molecular weight excluding hydrogens is 437 g/mol. The molecule has 25 heavy (non-hydrogen) atoms. The minimum Gasteiger partial charge on any atom is -0.326 e. The van der Waals surface area contributed by atoms with Gasteiger partial charge < -0.3 is 9.79 Å². The highest BCUT2D eigenvalue weighted by atomic mass is 79.9. The van der Waals surface area contributed by atoms with Crippen LogP contribution in [0.5, 0.6) is 0 Å². The van der Waals surface area contributed by atoms with E-state index in [9.17, 15) is 0 Å². The number of halogens is 1. The molecule has 3 nitrogen and oxygen atoms in total. The van der Waals surface area contributed by atoms with Crippen molar-refractivity contribution < 1.29 is 14.4 Å². The Labute approximate surface area is 172 Å². The van der Waals surface area contributed by atoms with Gasteiger partial charge in [-0.3, -0.25) is 4.57 Å². The molecule has 0 amide bonds. The van der Waals surface area contributed by atoms with Crippen molar-refractivity contribution in [3.63, 3.8) is 0 Å². The molecule has 0 saturated heterocycles. The molecule has 0 aromatic heterocycles. The predicted octanol–water partition coefficient (Wildman–Crippen LogP) is 7.34. The third-order valence-corrected chi connectivity index (χ3v) is 9.72. The van der Waals surface area contributed by atoms with Gasteiger partial charge in [0.2, 0.25) is 0 Å². The van der Waals surface area contributed by atoms with Gasteiger partial charge in [0.1, 0.15) is 0 Å². The van der Waals surface area contributed by atoms with Crippen molar-refractivity contribution in [1.29, 1.82) is 0 Å². The molecule has 0 heterocycles. The SMILES string of the molecule is Br.CCCP(CCC)CCC.CCCP(CCC)CCC.O=[PH](O)O. The van der Waals surface area contributed by atoms with E-state index in [1.165, 1.54) is 75.5 Å². The van der Waals surface area contributed by atoms with Gasteiger partial charge in [-0.15, -0.1) is 32.8 Å². The van der Waals surface area contributed by atoms with Crippen LogP contribution in [0.25, 0.3) is 0 Å². The molecule has 0 aromatic rings. The van der Waals surface area contributed by atoms with Crippen molar-refractivity contribution in [2.45, 2.75) is 80.1 Å². The predicted molar refractivity (Wildman–Crippen MR) is 129 cm³/mol. The van der Waals surface area contributed by atoms with Gasteiger partial charge in [-0.25, -0.2) is 0 Å². The van der Waals surface area contributed by atoms with E-state index in [1.807, 2.05) is 0 Å². The third-order valence-electron chi connectivity index (χ3n) is 3.24. The number of hydrogen-bond donors (Lipinski definition) is 2. The van der Waals surface area contributed by atoms with Crippen LogP contribution < -0.4 is 0 Å². The van der Waals surface area contributed by atoms with Crippen LogP contribution in [0.2, 0.25) is 0 Å². The fraction of sp³-hybridized carbons (Fsp3) is 1.00. The Morgan fingerprint density at radius 1 is 0.560 bits per heavy atom. The average Bonchev–Trinajstić information content (AvgIpc) is 2.49. The van der Waals surface area contributed by atoms with Gasteiger partial charge >= 0.3 is 8.25 Å². The van der Waals surface area contributed by atoms with E-state index in [0.717, 1.165) is 0 Å². The molecule has 0 unspecified atom stereocenters. The Bertz CT molecular complexity index is 197. The highest BCUT2D eigenvalue weighted by Gasteiger charge is 2.03. The topological polar surface area (TPSA) is 57.5 Å². The maximum absolute atomic E-state index is 8.74. The third kappa shape index (κ3) is 37.0. The summed E-state index contributed by atoms with van der Waals surface area (Å²) < 4.78 is 8.74. The molecule has 0 bridgehead atoms. The molecule has 0 aliphatic rings. The van der Waals surface area contributed by atoms with Crippen LogP contribution in [0.4, 0.5) is 0 Å². The smallest absolute Gasteiger partial charge is 0.314 e. The fourth-order valence-electron chi connectivity index (χ4n) is 2.57. The molecule has 0 aromatic carbocycles. The summed E-state index contributed by atoms with van der Waals surface area (Å²) in [5.74, 6) is 0. The van der Waals surface area contributed by atoms with Gasteiger partial charge in [0.25, 0.3) is 0 Å². The van der Waals surface area contributed by atoms with E-state index in [4.69, 9.17) is 14.4 Å². The zero-order chi connectivity index (χ0) is 19.2. The van der Waals surface area contributed by atoms with Crippen molar-refractivity contribution in [2.75, 3.05) is 37.0 Å². The molecule has 0 radical (unpaired) electrons. The summed E-state index contributed by atoms with van der Waals surface area (Å²) in [5, 5.41) is 0. The quantitative estimate of drug-likeness (QED) is 0.286. The zero-order valence-corrected chi connectivity index (χ0v) is 22.1. The van der Waals surface area contributed by atoms with E-state index < -0.39 is 8.25 Å². The Kier molecular flexibility index (Phi) is 41.1. The Hall–Kier alpha value is 1.49. The van der Waals surface area contributed by atoms with Gasteiger partial charge in [0, 0.05) is 0 Å². The number of rotatable bonds is 12. The molecule has 0 atom stereocenters. The molecule has 0 saturated carbocycles. The molecule has 2 N–H and O–H groups in total. The molecule has 0 spiro atoms. The van der Waals surface area contributed by atoms with E-state index in [1.54, 1.807) is 0 Å². The summed E-state index contributed by atoms with van der Waals surface area (Å²) in [5.41, 5.74) is 0. The van der Waals surface area contributed by atoms with Crippen molar-refractivity contribution in [3.05, 3.63) is 0 Å². The van der Waals surface area contributed by atoms with Gasteiger partial charge in [0.05, 0.1) is 0 Å². The minimum absolute atomic E-state index is 0. The summed E-state index contributed by atoms with van der Waals surface area (Å²) in [7, 11) is -2.25. The number of hydrogen-bond acceptors (Lipinski definition) is 1. The first kappa shape index (κ1) is 34.0. The molecule has 0 aliphatic heterocycles. The molecule has 0 aliphatic carbocycles. The maximum atomic E-state index is 8.74. The second kappa shape index (κ2) is 30.2. The van der Waals surface area contributed by atoms with Crippen LogP contribution in [0.15, 0.2) is 0 Å². The van der Waals surface area contributed by atoms with Crippen molar-refractivity contribution in [3.8, 4) is 0 Å². The summed E-state index contributed by atoms with van der Waals surface area (Å²) >= 11 is 0. The van der Waals surface area contributed by atoms with Crippen LogP contribution in [0, 0.1) is 0 Å². The lowest BCUT2D eigenvalue weighted by Gasteiger charge is -2.13. The molecular formula is C18H46BrO3P3. The van der Waals surface area contributed by atoms with Crippen LogP contribution >= 0.6 is 41.1 Å². The average molecular weight is 483 g/mol. The normalized spacial score (nSPS) is 10.0. The zero-order valence-electron chi connectivity index (χ0n) is 17.6. The summed E-state index contributed by atoms with van der Waals surface area (Å²) in [6, 6.07) is 0. The Morgan fingerprint density at radius 2 is 0.680 bits per heavy atom.